The molecule has 0 saturated heterocycles. The maximum atomic E-state index is 8.78. The van der Waals surface area contributed by atoms with E-state index in [1.807, 2.05) is 11.6 Å². The molecular weight excluding hydrogens is 166 g/mol. The van der Waals surface area contributed by atoms with E-state index in [0.29, 0.717) is 6.42 Å². The minimum absolute atomic E-state index is 0.00938. The van der Waals surface area contributed by atoms with Crippen LogP contribution in [0.25, 0.3) is 0 Å². The first-order valence-electron chi connectivity index (χ1n) is 4.46. The Kier molecular flexibility index (Phi) is 2.71. The van der Waals surface area contributed by atoms with Crippen LogP contribution in [-0.4, -0.2) is 26.5 Å². The molecule has 0 radical (unpaired) electrons. The molecule has 0 aliphatic heterocycles. The molecule has 0 bridgehead atoms. The van der Waals surface area contributed by atoms with Crippen molar-refractivity contribution in [3.05, 3.63) is 11.6 Å². The zero-order valence-electron chi connectivity index (χ0n) is 8.70. The number of hydrogen-bond acceptors (Lipinski definition) is 3. The molecule has 0 atom stereocenters. The third-order valence-corrected chi connectivity index (χ3v) is 1.97. The standard InChI is InChI=1S/C9H17N3O/c1-9(2,3)8-11-10-7(5-6-13)12(8)4/h13H,5-6H2,1-4H3. The highest BCUT2D eigenvalue weighted by Crippen LogP contribution is 2.19. The summed E-state index contributed by atoms with van der Waals surface area (Å²) in [6, 6.07) is 0. The van der Waals surface area contributed by atoms with Crippen LogP contribution in [0, 0.1) is 0 Å². The average Bonchev–Trinajstić information content (AvgIpc) is 2.32. The molecule has 1 N–H and O–H groups in total. The SMILES string of the molecule is Cn1c(CCO)nnc1C(C)(C)C. The molecule has 0 saturated carbocycles. The van der Waals surface area contributed by atoms with Gasteiger partial charge in [-0.15, -0.1) is 10.2 Å². The minimum atomic E-state index is 0.00938. The first kappa shape index (κ1) is 10.2. The monoisotopic (exact) mass is 183 g/mol. The van der Waals surface area contributed by atoms with Crippen molar-refractivity contribution >= 4 is 0 Å². The van der Waals surface area contributed by atoms with Crippen LogP contribution in [0.15, 0.2) is 0 Å². The lowest BCUT2D eigenvalue weighted by Crippen LogP contribution is -2.18. The lowest BCUT2D eigenvalue weighted by atomic mass is 9.96. The van der Waals surface area contributed by atoms with Gasteiger partial charge in [-0.1, -0.05) is 20.8 Å². The van der Waals surface area contributed by atoms with Crippen molar-refractivity contribution in [3.8, 4) is 0 Å². The summed E-state index contributed by atoms with van der Waals surface area (Å²) in [6.45, 7) is 6.41. The Bertz CT molecular complexity index is 286. The smallest absolute Gasteiger partial charge is 0.138 e. The molecule has 0 aliphatic rings. The van der Waals surface area contributed by atoms with E-state index in [9.17, 15) is 0 Å². The van der Waals surface area contributed by atoms with E-state index in [2.05, 4.69) is 31.0 Å². The number of hydrogen-bond donors (Lipinski definition) is 1. The number of rotatable bonds is 2. The summed E-state index contributed by atoms with van der Waals surface area (Å²) in [7, 11) is 1.94. The van der Waals surface area contributed by atoms with Gasteiger partial charge in [-0.2, -0.15) is 0 Å². The van der Waals surface area contributed by atoms with Crippen LogP contribution in [0.4, 0.5) is 0 Å². The number of nitrogens with zero attached hydrogens (tertiary/aromatic N) is 3. The first-order valence-corrected chi connectivity index (χ1v) is 4.46. The van der Waals surface area contributed by atoms with Crippen LogP contribution >= 0.6 is 0 Å². The fourth-order valence-corrected chi connectivity index (χ4v) is 1.33. The molecule has 0 aromatic carbocycles. The van der Waals surface area contributed by atoms with Gasteiger partial charge in [0.2, 0.25) is 0 Å². The second-order valence-electron chi connectivity index (χ2n) is 4.22. The minimum Gasteiger partial charge on any atom is -0.396 e. The highest BCUT2D eigenvalue weighted by molar-refractivity contribution is 5.05. The Morgan fingerprint density at radius 1 is 1.31 bits per heavy atom. The molecule has 0 fully saturated rings. The van der Waals surface area contributed by atoms with Crippen molar-refractivity contribution in [2.24, 2.45) is 7.05 Å². The summed E-state index contributed by atoms with van der Waals surface area (Å²) in [5.74, 6) is 1.79. The van der Waals surface area contributed by atoms with Crippen molar-refractivity contribution in [3.63, 3.8) is 0 Å². The van der Waals surface area contributed by atoms with E-state index < -0.39 is 0 Å². The van der Waals surface area contributed by atoms with Crippen molar-refractivity contribution in [2.45, 2.75) is 32.6 Å². The van der Waals surface area contributed by atoms with Crippen molar-refractivity contribution < 1.29 is 5.11 Å². The molecule has 4 nitrogen and oxygen atoms in total. The van der Waals surface area contributed by atoms with Gasteiger partial charge in [0.15, 0.2) is 0 Å². The van der Waals surface area contributed by atoms with Crippen molar-refractivity contribution in [1.82, 2.24) is 14.8 Å². The zero-order valence-corrected chi connectivity index (χ0v) is 8.70. The maximum absolute atomic E-state index is 8.78. The maximum Gasteiger partial charge on any atom is 0.138 e. The van der Waals surface area contributed by atoms with E-state index in [4.69, 9.17) is 5.11 Å². The van der Waals surface area contributed by atoms with E-state index in [-0.39, 0.29) is 12.0 Å². The molecule has 0 amide bonds. The third-order valence-electron chi connectivity index (χ3n) is 1.97. The van der Waals surface area contributed by atoms with Gasteiger partial charge in [-0.25, -0.2) is 0 Å². The molecule has 4 heteroatoms. The van der Waals surface area contributed by atoms with Crippen molar-refractivity contribution in [1.29, 1.82) is 0 Å². The topological polar surface area (TPSA) is 50.9 Å². The third kappa shape index (κ3) is 2.06. The van der Waals surface area contributed by atoms with Gasteiger partial charge in [-0.05, 0) is 0 Å². The van der Waals surface area contributed by atoms with Crippen LogP contribution in [0.3, 0.4) is 0 Å². The molecule has 13 heavy (non-hydrogen) atoms. The van der Waals surface area contributed by atoms with Gasteiger partial charge < -0.3 is 9.67 Å². The van der Waals surface area contributed by atoms with E-state index >= 15 is 0 Å². The highest BCUT2D eigenvalue weighted by atomic mass is 16.3. The Morgan fingerprint density at radius 2 is 1.92 bits per heavy atom. The quantitative estimate of drug-likeness (QED) is 0.732. The Morgan fingerprint density at radius 3 is 2.31 bits per heavy atom. The molecule has 1 aromatic rings. The predicted octanol–water partition coefficient (Wildman–Crippen LogP) is 0.647. The van der Waals surface area contributed by atoms with Gasteiger partial charge >= 0.3 is 0 Å². The van der Waals surface area contributed by atoms with Crippen LogP contribution in [0.5, 0.6) is 0 Å². The molecular formula is C9H17N3O. The van der Waals surface area contributed by atoms with Gasteiger partial charge in [0, 0.05) is 18.9 Å². The van der Waals surface area contributed by atoms with Crippen LogP contribution < -0.4 is 0 Å². The second-order valence-corrected chi connectivity index (χ2v) is 4.22. The van der Waals surface area contributed by atoms with E-state index in [1.54, 1.807) is 0 Å². The predicted molar refractivity (Wildman–Crippen MR) is 50.5 cm³/mol. The Labute approximate surface area is 78.6 Å². The molecule has 1 aromatic heterocycles. The lowest BCUT2D eigenvalue weighted by Gasteiger charge is -2.16. The zero-order chi connectivity index (χ0) is 10.1. The average molecular weight is 183 g/mol. The fraction of sp³-hybridized carbons (Fsp3) is 0.778. The molecule has 1 rings (SSSR count). The number of aliphatic hydroxyl groups excluding tert-OH is 1. The molecule has 0 spiro atoms. The summed E-state index contributed by atoms with van der Waals surface area (Å²) < 4.78 is 1.95. The second kappa shape index (κ2) is 3.46. The van der Waals surface area contributed by atoms with E-state index in [0.717, 1.165) is 11.6 Å². The molecule has 74 valence electrons. The molecule has 0 aliphatic carbocycles. The fourth-order valence-electron chi connectivity index (χ4n) is 1.33. The van der Waals surface area contributed by atoms with Gasteiger partial charge in [0.05, 0.1) is 6.61 Å². The largest absolute Gasteiger partial charge is 0.396 e. The highest BCUT2D eigenvalue weighted by Gasteiger charge is 2.21. The normalized spacial score (nSPS) is 12.1. The van der Waals surface area contributed by atoms with Crippen LogP contribution in [-0.2, 0) is 18.9 Å². The number of aromatic nitrogens is 3. The van der Waals surface area contributed by atoms with E-state index in [1.165, 1.54) is 0 Å². The van der Waals surface area contributed by atoms with Gasteiger partial charge in [0.25, 0.3) is 0 Å². The van der Waals surface area contributed by atoms with Crippen LogP contribution in [0.1, 0.15) is 32.4 Å². The number of aliphatic hydroxyl groups is 1. The summed E-state index contributed by atoms with van der Waals surface area (Å²) in [5.41, 5.74) is 0.00938. The Balaban J connectivity index is 2.99. The first-order chi connectivity index (χ1) is 5.96. The summed E-state index contributed by atoms with van der Waals surface area (Å²) in [5, 5.41) is 16.9. The molecule has 0 unspecified atom stereocenters. The van der Waals surface area contributed by atoms with Crippen LogP contribution in [0.2, 0.25) is 0 Å². The van der Waals surface area contributed by atoms with Gasteiger partial charge in [0.1, 0.15) is 11.6 Å². The van der Waals surface area contributed by atoms with Gasteiger partial charge in [-0.3, -0.25) is 0 Å². The molecule has 1 heterocycles. The summed E-state index contributed by atoms with van der Waals surface area (Å²) in [6.07, 6.45) is 0.569. The van der Waals surface area contributed by atoms with Crippen molar-refractivity contribution in [2.75, 3.05) is 6.61 Å². The Hall–Kier alpha value is -0.900. The summed E-state index contributed by atoms with van der Waals surface area (Å²) in [4.78, 5) is 0. The summed E-state index contributed by atoms with van der Waals surface area (Å²) >= 11 is 0. The lowest BCUT2D eigenvalue weighted by molar-refractivity contribution is 0.295.